The van der Waals surface area contributed by atoms with E-state index in [1.807, 2.05) is 18.2 Å². The molecule has 0 saturated carbocycles. The number of carbonyl (C=O) groups is 2. The fraction of sp³-hybridized carbons (Fsp3) is 0.333. The van der Waals surface area contributed by atoms with Crippen molar-refractivity contribution < 1.29 is 19.1 Å². The van der Waals surface area contributed by atoms with Gasteiger partial charge in [0.2, 0.25) is 0 Å². The molecule has 2 heterocycles. The number of aryl methyl sites for hydroxylation is 2. The van der Waals surface area contributed by atoms with Gasteiger partial charge in [-0.3, -0.25) is 9.59 Å². The molecule has 0 atom stereocenters. The fourth-order valence-electron chi connectivity index (χ4n) is 2.91. The zero-order chi connectivity index (χ0) is 20.8. The predicted molar refractivity (Wildman–Crippen MR) is 113 cm³/mol. The molecule has 7 nitrogen and oxygen atoms in total. The van der Waals surface area contributed by atoms with Gasteiger partial charge >= 0.3 is 0 Å². The predicted octanol–water partition coefficient (Wildman–Crippen LogP) is 3.58. The second-order valence-electron chi connectivity index (χ2n) is 6.40. The average molecular weight is 413 g/mol. The van der Waals surface area contributed by atoms with Gasteiger partial charge in [-0.25, -0.2) is 9.97 Å². The number of thiophene rings is 1. The summed E-state index contributed by atoms with van der Waals surface area (Å²) in [6.07, 6.45) is 1.69. The van der Waals surface area contributed by atoms with Crippen LogP contribution in [0.15, 0.2) is 24.3 Å². The summed E-state index contributed by atoms with van der Waals surface area (Å²) >= 11 is 1.62. The maximum Gasteiger partial charge on any atom is 0.195 e. The van der Waals surface area contributed by atoms with Gasteiger partial charge in [0.25, 0.3) is 0 Å². The van der Waals surface area contributed by atoms with Gasteiger partial charge in [0.15, 0.2) is 23.6 Å². The smallest absolute Gasteiger partial charge is 0.195 e. The zero-order valence-electron chi connectivity index (χ0n) is 16.7. The number of nitrogens with zero attached hydrogens (tertiary/aromatic N) is 2. The number of anilines is 1. The Hall–Kier alpha value is -3.00. The van der Waals surface area contributed by atoms with Crippen LogP contribution in [-0.4, -0.2) is 36.3 Å². The molecule has 2 aromatic heterocycles. The van der Waals surface area contributed by atoms with Crippen molar-refractivity contribution in [3.05, 3.63) is 40.5 Å². The van der Waals surface area contributed by atoms with Crippen LogP contribution in [0.25, 0.3) is 10.2 Å². The first-order valence-corrected chi connectivity index (χ1v) is 10.1. The van der Waals surface area contributed by atoms with Gasteiger partial charge in [0, 0.05) is 24.3 Å². The molecular weight excluding hydrogens is 390 g/mol. The zero-order valence-corrected chi connectivity index (χ0v) is 17.5. The lowest BCUT2D eigenvalue weighted by Gasteiger charge is -2.12. The third-order valence-electron chi connectivity index (χ3n) is 4.47. The molecule has 0 aliphatic rings. The van der Waals surface area contributed by atoms with Crippen LogP contribution in [-0.2, 0) is 29.0 Å². The highest BCUT2D eigenvalue weighted by Crippen LogP contribution is 2.31. The van der Waals surface area contributed by atoms with Crippen molar-refractivity contribution >= 4 is 39.4 Å². The van der Waals surface area contributed by atoms with Crippen LogP contribution in [0, 0.1) is 0 Å². The lowest BCUT2D eigenvalue weighted by molar-refractivity contribution is -0.129. The van der Waals surface area contributed by atoms with Crippen LogP contribution in [0.4, 0.5) is 5.82 Å². The minimum Gasteiger partial charge on any atom is -0.493 e. The van der Waals surface area contributed by atoms with Gasteiger partial charge < -0.3 is 14.8 Å². The molecule has 0 fully saturated rings. The topological polar surface area (TPSA) is 90.4 Å². The van der Waals surface area contributed by atoms with Gasteiger partial charge in [-0.05, 0) is 30.2 Å². The SMILES string of the molecule is CCc1cc2c(NCc3ccc(OC)c(OC)c3)nc(CCC(=O)C=O)nc2s1. The van der Waals surface area contributed by atoms with Gasteiger partial charge in [0.1, 0.15) is 16.5 Å². The van der Waals surface area contributed by atoms with E-state index >= 15 is 0 Å². The summed E-state index contributed by atoms with van der Waals surface area (Å²) in [6, 6.07) is 7.83. The van der Waals surface area contributed by atoms with Crippen LogP contribution < -0.4 is 14.8 Å². The molecule has 0 aliphatic heterocycles. The molecule has 3 rings (SSSR count). The summed E-state index contributed by atoms with van der Waals surface area (Å²) in [7, 11) is 3.21. The van der Waals surface area contributed by atoms with Gasteiger partial charge in [-0.1, -0.05) is 13.0 Å². The Bertz CT molecular complexity index is 1030. The maximum atomic E-state index is 11.3. The van der Waals surface area contributed by atoms with Crippen molar-refractivity contribution in [3.63, 3.8) is 0 Å². The molecule has 8 heteroatoms. The lowest BCUT2D eigenvalue weighted by Crippen LogP contribution is -2.07. The van der Waals surface area contributed by atoms with Gasteiger partial charge in [-0.15, -0.1) is 11.3 Å². The van der Waals surface area contributed by atoms with Gasteiger partial charge in [0.05, 0.1) is 19.6 Å². The number of benzene rings is 1. The number of methoxy groups -OCH3 is 2. The third-order valence-corrected chi connectivity index (χ3v) is 5.65. The Morgan fingerprint density at radius 1 is 1.17 bits per heavy atom. The van der Waals surface area contributed by atoms with Crippen LogP contribution in [0.2, 0.25) is 0 Å². The Morgan fingerprint density at radius 2 is 1.97 bits per heavy atom. The maximum absolute atomic E-state index is 11.3. The van der Waals surface area contributed by atoms with E-state index in [2.05, 4.69) is 28.3 Å². The van der Waals surface area contributed by atoms with E-state index in [-0.39, 0.29) is 6.42 Å². The van der Waals surface area contributed by atoms with E-state index in [1.54, 1.807) is 25.6 Å². The van der Waals surface area contributed by atoms with Crippen LogP contribution >= 0.6 is 11.3 Å². The molecule has 0 spiro atoms. The molecule has 1 aromatic carbocycles. The number of Topliss-reactive ketones (excluding diaryl/α,β-unsaturated/α-hetero) is 1. The number of nitrogens with one attached hydrogen (secondary N) is 1. The highest BCUT2D eigenvalue weighted by atomic mass is 32.1. The first kappa shape index (κ1) is 20.7. The Morgan fingerprint density at radius 3 is 2.66 bits per heavy atom. The number of aldehydes is 1. The minimum atomic E-state index is -0.450. The second-order valence-corrected chi connectivity index (χ2v) is 7.52. The van der Waals surface area contributed by atoms with Crippen LogP contribution in [0.1, 0.15) is 29.6 Å². The minimum absolute atomic E-state index is 0.107. The molecule has 3 aromatic rings. The van der Waals surface area contributed by atoms with E-state index in [4.69, 9.17) is 9.47 Å². The Labute approximate surface area is 173 Å². The number of hydrogen-bond donors (Lipinski definition) is 1. The first-order chi connectivity index (χ1) is 14.1. The van der Waals surface area contributed by atoms with E-state index in [0.717, 1.165) is 22.2 Å². The summed E-state index contributed by atoms with van der Waals surface area (Å²) in [5.41, 5.74) is 1.01. The number of carbonyl (C=O) groups excluding carboxylic acids is 2. The molecule has 0 aliphatic carbocycles. The van der Waals surface area contributed by atoms with Crippen LogP contribution in [0.5, 0.6) is 11.5 Å². The first-order valence-electron chi connectivity index (χ1n) is 9.30. The summed E-state index contributed by atoms with van der Waals surface area (Å²) < 4.78 is 10.6. The molecule has 0 saturated heterocycles. The van der Waals surface area contributed by atoms with Crippen molar-refractivity contribution in [2.75, 3.05) is 19.5 Å². The molecule has 152 valence electrons. The second kappa shape index (κ2) is 9.47. The molecule has 0 bridgehead atoms. The third kappa shape index (κ3) is 4.89. The number of rotatable bonds is 10. The van der Waals surface area contributed by atoms with Crippen molar-refractivity contribution in [3.8, 4) is 11.5 Å². The Kier molecular flexibility index (Phi) is 6.77. The number of ketones is 1. The standard InChI is InChI=1S/C21H23N3O4S/c1-4-15-10-16-20(22-11-13-5-7-17(27-2)18(9-13)28-3)23-19(24-21(16)29-15)8-6-14(26)12-25/h5,7,9-10,12H,4,6,8,11H2,1-3H3,(H,22,23,24). The van der Waals surface area contributed by atoms with Crippen molar-refractivity contribution in [2.24, 2.45) is 0 Å². The summed E-state index contributed by atoms with van der Waals surface area (Å²) in [4.78, 5) is 33.2. The molecular formula is C21H23N3O4S. The average Bonchev–Trinajstić information content (AvgIpc) is 3.18. The quantitative estimate of drug-likeness (QED) is 0.401. The normalized spacial score (nSPS) is 10.7. The summed E-state index contributed by atoms with van der Waals surface area (Å²) in [5, 5.41) is 4.33. The van der Waals surface area contributed by atoms with Crippen molar-refractivity contribution in [2.45, 2.75) is 32.7 Å². The van der Waals surface area contributed by atoms with E-state index in [9.17, 15) is 9.59 Å². The summed E-state index contributed by atoms with van der Waals surface area (Å²) in [5.74, 6) is 2.15. The van der Waals surface area contributed by atoms with Crippen molar-refractivity contribution in [1.82, 2.24) is 9.97 Å². The molecule has 0 amide bonds. The van der Waals surface area contributed by atoms with E-state index in [0.29, 0.717) is 42.4 Å². The monoisotopic (exact) mass is 413 g/mol. The number of ether oxygens (including phenoxy) is 2. The molecule has 29 heavy (non-hydrogen) atoms. The number of aromatic nitrogens is 2. The number of fused-ring (bicyclic) bond motifs is 1. The number of hydrogen-bond acceptors (Lipinski definition) is 8. The summed E-state index contributed by atoms with van der Waals surface area (Å²) in [6.45, 7) is 2.63. The van der Waals surface area contributed by atoms with Gasteiger partial charge in [-0.2, -0.15) is 0 Å². The highest BCUT2D eigenvalue weighted by Gasteiger charge is 2.13. The lowest BCUT2D eigenvalue weighted by atomic mass is 10.2. The van der Waals surface area contributed by atoms with Crippen molar-refractivity contribution in [1.29, 1.82) is 0 Å². The Balaban J connectivity index is 1.87. The fourth-order valence-corrected chi connectivity index (χ4v) is 3.89. The highest BCUT2D eigenvalue weighted by molar-refractivity contribution is 7.18. The largest absolute Gasteiger partial charge is 0.493 e. The molecule has 0 radical (unpaired) electrons. The molecule has 0 unspecified atom stereocenters. The molecule has 1 N–H and O–H groups in total. The van der Waals surface area contributed by atoms with Crippen LogP contribution in [0.3, 0.4) is 0 Å². The van der Waals surface area contributed by atoms with E-state index in [1.165, 1.54) is 4.88 Å². The van der Waals surface area contributed by atoms with E-state index < -0.39 is 5.78 Å².